The third-order valence-corrected chi connectivity index (χ3v) is 6.79. The fourth-order valence-electron chi connectivity index (χ4n) is 4.09. The Balaban J connectivity index is 3.97. The topological polar surface area (TPSA) is 119 Å². The smallest absolute Gasteiger partial charge is 0.462 e. The Bertz CT molecular complexity index is 605. The minimum absolute atomic E-state index is 0.216. The molecule has 0 unspecified atom stereocenters. The normalized spacial score (nSPS) is 12.6. The Labute approximate surface area is 225 Å². The van der Waals surface area contributed by atoms with E-state index in [0.29, 0.717) is 6.42 Å². The lowest BCUT2D eigenvalue weighted by molar-refractivity contribution is -0.161. The summed E-state index contributed by atoms with van der Waals surface area (Å²) in [5.41, 5.74) is 0. The van der Waals surface area contributed by atoms with Crippen LogP contribution >= 0.6 is 7.82 Å². The summed E-state index contributed by atoms with van der Waals surface area (Å²) in [4.78, 5) is 42.0. The Morgan fingerprint density at radius 1 is 0.676 bits per heavy atom. The molecule has 0 radical (unpaired) electrons. The van der Waals surface area contributed by atoms with E-state index >= 15 is 0 Å². The van der Waals surface area contributed by atoms with E-state index in [-0.39, 0.29) is 19.4 Å². The average Bonchev–Trinajstić information content (AvgIpc) is 2.82. The van der Waals surface area contributed by atoms with Crippen LogP contribution in [0.2, 0.25) is 0 Å². The highest BCUT2D eigenvalue weighted by Crippen LogP contribution is 2.35. The van der Waals surface area contributed by atoms with E-state index in [1.165, 1.54) is 51.4 Å². The number of unbranched alkanes of at least 4 members (excludes halogenated alkanes) is 14. The zero-order valence-corrected chi connectivity index (χ0v) is 24.7. The molecule has 0 aromatic carbocycles. The second-order valence-electron chi connectivity index (χ2n) is 10.6. The molecular formula is C28H55O8P. The number of carbonyl (C=O) groups is 2. The predicted molar refractivity (Wildman–Crippen MR) is 147 cm³/mol. The van der Waals surface area contributed by atoms with Gasteiger partial charge in [0, 0.05) is 12.8 Å². The SMILES string of the molecule is CCCCCCCC(=O)OC[C@H](COP(=O)(O)O)OC(=O)CCCCCCCCCCCCCC(C)C. The summed E-state index contributed by atoms with van der Waals surface area (Å²) in [5, 5.41) is 0. The minimum atomic E-state index is -4.72. The summed E-state index contributed by atoms with van der Waals surface area (Å²) >= 11 is 0. The standard InChI is InChI=1S/C28H55O8P/c1-4-5-6-14-18-21-27(29)34-23-26(24-35-37(31,32)33)36-28(30)22-19-16-13-11-9-7-8-10-12-15-17-20-25(2)3/h25-26H,4-24H2,1-3H3,(H2,31,32,33)/t26-/m1/s1. The first-order valence-electron chi connectivity index (χ1n) is 14.7. The second-order valence-corrected chi connectivity index (χ2v) is 11.8. The average molecular weight is 551 g/mol. The van der Waals surface area contributed by atoms with Gasteiger partial charge in [-0.25, -0.2) is 4.57 Å². The van der Waals surface area contributed by atoms with Crippen molar-refractivity contribution in [2.75, 3.05) is 13.2 Å². The van der Waals surface area contributed by atoms with Gasteiger partial charge in [0.05, 0.1) is 6.61 Å². The molecule has 0 aliphatic heterocycles. The van der Waals surface area contributed by atoms with E-state index in [2.05, 4.69) is 25.3 Å². The quantitative estimate of drug-likeness (QED) is 0.0640. The van der Waals surface area contributed by atoms with Crippen LogP contribution in [0.15, 0.2) is 0 Å². The van der Waals surface area contributed by atoms with Crippen molar-refractivity contribution >= 4 is 19.8 Å². The molecule has 0 aliphatic rings. The highest BCUT2D eigenvalue weighted by atomic mass is 31.2. The van der Waals surface area contributed by atoms with Crippen LogP contribution < -0.4 is 0 Å². The van der Waals surface area contributed by atoms with Gasteiger partial charge in [-0.15, -0.1) is 0 Å². The van der Waals surface area contributed by atoms with Gasteiger partial charge in [-0.2, -0.15) is 0 Å². The lowest BCUT2D eigenvalue weighted by atomic mass is 10.0. The molecule has 0 aromatic heterocycles. The molecule has 0 bridgehead atoms. The molecule has 8 nitrogen and oxygen atoms in total. The monoisotopic (exact) mass is 550 g/mol. The number of hydrogen-bond donors (Lipinski definition) is 2. The molecule has 0 fully saturated rings. The van der Waals surface area contributed by atoms with Crippen molar-refractivity contribution in [2.45, 2.75) is 149 Å². The van der Waals surface area contributed by atoms with Gasteiger partial charge in [-0.3, -0.25) is 14.1 Å². The van der Waals surface area contributed by atoms with Crippen molar-refractivity contribution in [1.82, 2.24) is 0 Å². The van der Waals surface area contributed by atoms with E-state index < -0.39 is 32.5 Å². The zero-order valence-electron chi connectivity index (χ0n) is 23.8. The lowest BCUT2D eigenvalue weighted by Gasteiger charge is -2.18. The fraction of sp³-hybridized carbons (Fsp3) is 0.929. The number of phosphoric ester groups is 1. The van der Waals surface area contributed by atoms with Crippen LogP contribution in [0.3, 0.4) is 0 Å². The molecule has 0 amide bonds. The Kier molecular flexibility index (Phi) is 23.5. The van der Waals surface area contributed by atoms with Gasteiger partial charge in [0.15, 0.2) is 6.10 Å². The summed E-state index contributed by atoms with van der Waals surface area (Å²) < 4.78 is 25.9. The third kappa shape index (κ3) is 27.9. The number of rotatable bonds is 26. The molecule has 0 spiro atoms. The Morgan fingerprint density at radius 2 is 1.14 bits per heavy atom. The number of phosphoric acid groups is 1. The molecule has 0 aliphatic carbocycles. The molecule has 9 heteroatoms. The second kappa shape index (κ2) is 24.1. The minimum Gasteiger partial charge on any atom is -0.462 e. The maximum absolute atomic E-state index is 12.2. The summed E-state index contributed by atoms with van der Waals surface area (Å²) in [6, 6.07) is 0. The van der Waals surface area contributed by atoms with Crippen LogP contribution in [0.25, 0.3) is 0 Å². The fourth-order valence-corrected chi connectivity index (χ4v) is 4.45. The van der Waals surface area contributed by atoms with Crippen molar-refractivity contribution in [3.63, 3.8) is 0 Å². The van der Waals surface area contributed by atoms with E-state index in [0.717, 1.165) is 57.3 Å². The Morgan fingerprint density at radius 3 is 1.62 bits per heavy atom. The molecule has 0 saturated carbocycles. The molecule has 37 heavy (non-hydrogen) atoms. The van der Waals surface area contributed by atoms with Gasteiger partial charge in [0.1, 0.15) is 6.61 Å². The van der Waals surface area contributed by atoms with Gasteiger partial charge in [-0.1, -0.05) is 117 Å². The highest BCUT2D eigenvalue weighted by molar-refractivity contribution is 7.46. The summed E-state index contributed by atoms with van der Waals surface area (Å²) in [7, 11) is -4.72. The molecule has 220 valence electrons. The third-order valence-electron chi connectivity index (χ3n) is 6.30. The van der Waals surface area contributed by atoms with Crippen molar-refractivity contribution < 1.29 is 37.9 Å². The zero-order chi connectivity index (χ0) is 27.8. The number of hydrogen-bond acceptors (Lipinski definition) is 6. The number of carbonyl (C=O) groups excluding carboxylic acids is 2. The summed E-state index contributed by atoms with van der Waals surface area (Å²) in [5.74, 6) is -0.0863. The lowest BCUT2D eigenvalue weighted by Crippen LogP contribution is -2.29. The maximum Gasteiger partial charge on any atom is 0.469 e. The van der Waals surface area contributed by atoms with Crippen molar-refractivity contribution in [3.8, 4) is 0 Å². The molecule has 0 rings (SSSR count). The van der Waals surface area contributed by atoms with Crippen LogP contribution in [0.5, 0.6) is 0 Å². The van der Waals surface area contributed by atoms with Crippen molar-refractivity contribution in [2.24, 2.45) is 5.92 Å². The maximum atomic E-state index is 12.2. The molecule has 1 atom stereocenters. The Hall–Kier alpha value is -0.950. The largest absolute Gasteiger partial charge is 0.469 e. The van der Waals surface area contributed by atoms with E-state index in [1.807, 2.05) is 0 Å². The van der Waals surface area contributed by atoms with E-state index in [9.17, 15) is 14.2 Å². The van der Waals surface area contributed by atoms with Crippen molar-refractivity contribution in [1.29, 1.82) is 0 Å². The van der Waals surface area contributed by atoms with Gasteiger partial charge < -0.3 is 19.3 Å². The molecule has 0 saturated heterocycles. The van der Waals surface area contributed by atoms with E-state index in [4.69, 9.17) is 19.3 Å². The number of ether oxygens (including phenoxy) is 2. The molecule has 0 aromatic rings. The van der Waals surface area contributed by atoms with Crippen LogP contribution in [0, 0.1) is 5.92 Å². The molecule has 0 heterocycles. The molecule has 2 N–H and O–H groups in total. The van der Waals surface area contributed by atoms with Gasteiger partial charge in [-0.05, 0) is 18.8 Å². The first-order valence-corrected chi connectivity index (χ1v) is 16.2. The van der Waals surface area contributed by atoms with Crippen LogP contribution in [0.1, 0.15) is 143 Å². The first-order chi connectivity index (χ1) is 17.6. The summed E-state index contributed by atoms with van der Waals surface area (Å²) in [6.45, 7) is 5.87. The van der Waals surface area contributed by atoms with Crippen LogP contribution in [0.4, 0.5) is 0 Å². The molecular weight excluding hydrogens is 495 g/mol. The highest BCUT2D eigenvalue weighted by Gasteiger charge is 2.22. The van der Waals surface area contributed by atoms with E-state index in [1.54, 1.807) is 0 Å². The van der Waals surface area contributed by atoms with Gasteiger partial charge in [0.2, 0.25) is 0 Å². The van der Waals surface area contributed by atoms with Gasteiger partial charge in [0.25, 0.3) is 0 Å². The van der Waals surface area contributed by atoms with Crippen LogP contribution in [-0.4, -0.2) is 41.0 Å². The summed E-state index contributed by atoms with van der Waals surface area (Å²) in [6.07, 6.45) is 18.8. The van der Waals surface area contributed by atoms with Crippen LogP contribution in [-0.2, 0) is 28.2 Å². The van der Waals surface area contributed by atoms with Crippen molar-refractivity contribution in [3.05, 3.63) is 0 Å². The number of esters is 2. The predicted octanol–water partition coefficient (Wildman–Crippen LogP) is 7.64. The van der Waals surface area contributed by atoms with Gasteiger partial charge >= 0.3 is 19.8 Å². The first kappa shape index (κ1) is 36.0.